The summed E-state index contributed by atoms with van der Waals surface area (Å²) in [7, 11) is 0. The van der Waals surface area contributed by atoms with Crippen molar-refractivity contribution in [2.45, 2.75) is 32.6 Å². The molecule has 1 fully saturated rings. The summed E-state index contributed by atoms with van der Waals surface area (Å²) < 4.78 is 1.87. The predicted octanol–water partition coefficient (Wildman–Crippen LogP) is 2.66. The Kier molecular flexibility index (Phi) is 3.49. The highest BCUT2D eigenvalue weighted by Crippen LogP contribution is 2.31. The number of nitrogens with zero attached hydrogens (tertiary/aromatic N) is 2. The Morgan fingerprint density at radius 3 is 2.80 bits per heavy atom. The second kappa shape index (κ2) is 5.29. The van der Waals surface area contributed by atoms with Crippen LogP contribution in [0.5, 0.6) is 5.75 Å². The third-order valence-electron chi connectivity index (χ3n) is 4.16. The number of hydrogen-bond donors (Lipinski definition) is 2. The molecule has 1 atom stereocenters. The molecule has 0 aliphatic carbocycles. The molecule has 0 saturated carbocycles. The van der Waals surface area contributed by atoms with Gasteiger partial charge in [0.05, 0.1) is 5.69 Å². The molecule has 0 spiro atoms. The van der Waals surface area contributed by atoms with Gasteiger partial charge in [-0.05, 0) is 45.4 Å². The van der Waals surface area contributed by atoms with E-state index in [1.807, 2.05) is 22.9 Å². The van der Waals surface area contributed by atoms with E-state index in [-0.39, 0.29) is 5.75 Å². The van der Waals surface area contributed by atoms with Gasteiger partial charge in [0.2, 0.25) is 0 Å². The number of phenols is 1. The topological polar surface area (TPSA) is 50.1 Å². The smallest absolute Gasteiger partial charge is 0.141 e. The highest BCUT2D eigenvalue weighted by atomic mass is 16.3. The van der Waals surface area contributed by atoms with Gasteiger partial charge in [-0.15, -0.1) is 0 Å². The summed E-state index contributed by atoms with van der Waals surface area (Å²) >= 11 is 0. The summed E-state index contributed by atoms with van der Waals surface area (Å²) in [5.41, 5.74) is 4.29. The van der Waals surface area contributed by atoms with Crippen LogP contribution < -0.4 is 5.32 Å². The van der Waals surface area contributed by atoms with Crippen molar-refractivity contribution in [2.75, 3.05) is 13.1 Å². The fraction of sp³-hybridized carbons (Fsp3) is 0.438. The number of rotatable bonds is 2. The minimum Gasteiger partial charge on any atom is -0.506 e. The highest BCUT2D eigenvalue weighted by molar-refractivity contribution is 5.47. The largest absolute Gasteiger partial charge is 0.506 e. The summed E-state index contributed by atoms with van der Waals surface area (Å²) in [5.74, 6) is 0.801. The first-order valence-electron chi connectivity index (χ1n) is 7.23. The quantitative estimate of drug-likeness (QED) is 0.883. The maximum Gasteiger partial charge on any atom is 0.141 e. The van der Waals surface area contributed by atoms with Crippen molar-refractivity contribution < 1.29 is 5.11 Å². The Hall–Kier alpha value is -1.81. The molecule has 106 valence electrons. The third-order valence-corrected chi connectivity index (χ3v) is 4.16. The van der Waals surface area contributed by atoms with Gasteiger partial charge >= 0.3 is 0 Å². The summed E-state index contributed by atoms with van der Waals surface area (Å²) in [4.78, 5) is 0. The van der Waals surface area contributed by atoms with Crippen LogP contribution in [0, 0.1) is 13.8 Å². The Labute approximate surface area is 119 Å². The standard InChI is InChI=1S/C16H21N3O/c1-11-16(13-6-5-9-17-10-13)12(2)19(18-11)14-7-3-4-8-15(14)20/h3-4,7-8,13,17,20H,5-6,9-10H2,1-2H3. The Balaban J connectivity index is 2.04. The molecule has 1 aromatic heterocycles. The van der Waals surface area contributed by atoms with E-state index in [0.29, 0.717) is 5.92 Å². The maximum absolute atomic E-state index is 10.0. The lowest BCUT2D eigenvalue weighted by Gasteiger charge is -2.23. The number of aryl methyl sites for hydroxylation is 1. The Morgan fingerprint density at radius 1 is 1.30 bits per heavy atom. The first-order chi connectivity index (χ1) is 9.68. The summed E-state index contributed by atoms with van der Waals surface area (Å²) in [6.07, 6.45) is 2.42. The molecular formula is C16H21N3O. The van der Waals surface area contributed by atoms with Crippen LogP contribution in [0.15, 0.2) is 24.3 Å². The molecule has 2 aromatic rings. The van der Waals surface area contributed by atoms with Crippen LogP contribution >= 0.6 is 0 Å². The number of aromatic hydroxyl groups is 1. The number of benzene rings is 1. The van der Waals surface area contributed by atoms with Gasteiger partial charge in [-0.3, -0.25) is 0 Å². The third kappa shape index (κ3) is 2.20. The minimum absolute atomic E-state index is 0.270. The average molecular weight is 271 g/mol. The lowest BCUT2D eigenvalue weighted by atomic mass is 9.90. The molecule has 0 bridgehead atoms. The van der Waals surface area contributed by atoms with Crippen LogP contribution in [0.2, 0.25) is 0 Å². The SMILES string of the molecule is Cc1nn(-c2ccccc2O)c(C)c1C1CCCNC1. The number of aromatic nitrogens is 2. The molecule has 2 heterocycles. The van der Waals surface area contributed by atoms with Gasteiger partial charge in [-0.25, -0.2) is 4.68 Å². The molecule has 0 amide bonds. The average Bonchev–Trinajstić information content (AvgIpc) is 2.75. The molecule has 1 unspecified atom stereocenters. The van der Waals surface area contributed by atoms with Crippen LogP contribution in [0.4, 0.5) is 0 Å². The maximum atomic E-state index is 10.0. The van der Waals surface area contributed by atoms with Gasteiger partial charge in [-0.2, -0.15) is 5.10 Å². The second-order valence-corrected chi connectivity index (χ2v) is 5.53. The number of para-hydroxylation sites is 2. The van der Waals surface area contributed by atoms with Crippen LogP contribution in [-0.2, 0) is 0 Å². The molecule has 1 saturated heterocycles. The van der Waals surface area contributed by atoms with Crippen LogP contribution in [0.1, 0.15) is 35.7 Å². The van der Waals surface area contributed by atoms with Crippen LogP contribution in [0.25, 0.3) is 5.69 Å². The van der Waals surface area contributed by atoms with Gasteiger partial charge < -0.3 is 10.4 Å². The highest BCUT2D eigenvalue weighted by Gasteiger charge is 2.23. The predicted molar refractivity (Wildman–Crippen MR) is 79.5 cm³/mol. The van der Waals surface area contributed by atoms with Crippen molar-refractivity contribution >= 4 is 0 Å². The van der Waals surface area contributed by atoms with Crippen molar-refractivity contribution in [3.05, 3.63) is 41.2 Å². The number of nitrogens with one attached hydrogen (secondary N) is 1. The fourth-order valence-corrected chi connectivity index (χ4v) is 3.22. The van der Waals surface area contributed by atoms with E-state index in [9.17, 15) is 5.11 Å². The van der Waals surface area contributed by atoms with E-state index < -0.39 is 0 Å². The first kappa shape index (κ1) is 13.2. The summed E-state index contributed by atoms with van der Waals surface area (Å²) in [5, 5.41) is 18.1. The van der Waals surface area contributed by atoms with E-state index in [1.54, 1.807) is 6.07 Å². The van der Waals surface area contributed by atoms with Gasteiger partial charge in [0.25, 0.3) is 0 Å². The summed E-state index contributed by atoms with van der Waals surface area (Å²) in [6.45, 7) is 6.29. The molecule has 4 heteroatoms. The molecule has 4 nitrogen and oxygen atoms in total. The zero-order chi connectivity index (χ0) is 14.1. The molecule has 3 rings (SSSR count). The Morgan fingerprint density at radius 2 is 2.10 bits per heavy atom. The van der Waals surface area contributed by atoms with Gasteiger partial charge in [0, 0.05) is 23.7 Å². The lowest BCUT2D eigenvalue weighted by molar-refractivity contribution is 0.458. The van der Waals surface area contributed by atoms with Crippen LogP contribution in [0.3, 0.4) is 0 Å². The number of piperidine rings is 1. The first-order valence-corrected chi connectivity index (χ1v) is 7.23. The number of hydrogen-bond acceptors (Lipinski definition) is 3. The zero-order valence-electron chi connectivity index (χ0n) is 12.1. The molecule has 1 aliphatic rings. The molecule has 20 heavy (non-hydrogen) atoms. The normalized spacial score (nSPS) is 19.2. The second-order valence-electron chi connectivity index (χ2n) is 5.53. The van der Waals surface area contributed by atoms with Crippen molar-refractivity contribution in [1.82, 2.24) is 15.1 Å². The number of phenolic OH excluding ortho intramolecular Hbond substituents is 1. The molecule has 2 N–H and O–H groups in total. The zero-order valence-corrected chi connectivity index (χ0v) is 12.1. The van der Waals surface area contributed by atoms with Gasteiger partial charge in [-0.1, -0.05) is 12.1 Å². The lowest BCUT2D eigenvalue weighted by Crippen LogP contribution is -2.28. The molecule has 1 aromatic carbocycles. The van der Waals surface area contributed by atoms with Crippen molar-refractivity contribution in [3.8, 4) is 11.4 Å². The molecule has 1 aliphatic heterocycles. The van der Waals surface area contributed by atoms with Crippen molar-refractivity contribution in [3.63, 3.8) is 0 Å². The van der Waals surface area contributed by atoms with Crippen molar-refractivity contribution in [2.24, 2.45) is 0 Å². The summed E-state index contributed by atoms with van der Waals surface area (Å²) in [6, 6.07) is 7.36. The van der Waals surface area contributed by atoms with E-state index in [0.717, 1.165) is 30.2 Å². The van der Waals surface area contributed by atoms with E-state index in [2.05, 4.69) is 24.3 Å². The fourth-order valence-electron chi connectivity index (χ4n) is 3.22. The van der Waals surface area contributed by atoms with E-state index >= 15 is 0 Å². The Bertz CT molecular complexity index is 612. The monoisotopic (exact) mass is 271 g/mol. The van der Waals surface area contributed by atoms with E-state index in [4.69, 9.17) is 0 Å². The molecular weight excluding hydrogens is 250 g/mol. The van der Waals surface area contributed by atoms with Crippen molar-refractivity contribution in [1.29, 1.82) is 0 Å². The van der Waals surface area contributed by atoms with Gasteiger partial charge in [0.15, 0.2) is 0 Å². The van der Waals surface area contributed by atoms with Crippen LogP contribution in [-0.4, -0.2) is 28.0 Å². The molecule has 0 radical (unpaired) electrons. The minimum atomic E-state index is 0.270. The van der Waals surface area contributed by atoms with Gasteiger partial charge in [0.1, 0.15) is 11.4 Å². The van der Waals surface area contributed by atoms with E-state index in [1.165, 1.54) is 18.4 Å².